The highest BCUT2D eigenvalue weighted by molar-refractivity contribution is 7.55. The van der Waals surface area contributed by atoms with Gasteiger partial charge in [-0.05, 0) is 26.7 Å². The van der Waals surface area contributed by atoms with E-state index in [0.717, 1.165) is 12.8 Å². The third-order valence-electron chi connectivity index (χ3n) is 2.38. The highest BCUT2D eigenvalue weighted by Gasteiger charge is 2.43. The van der Waals surface area contributed by atoms with E-state index in [1.54, 1.807) is 19.9 Å². The van der Waals surface area contributed by atoms with Gasteiger partial charge in [0.25, 0.3) is 5.85 Å². The maximum atomic E-state index is 12.5. The zero-order chi connectivity index (χ0) is 14.1. The van der Waals surface area contributed by atoms with Crippen LogP contribution in [0.25, 0.3) is 0 Å². The first-order chi connectivity index (χ1) is 9.14. The fourth-order valence-corrected chi connectivity index (χ4v) is 3.27. The van der Waals surface area contributed by atoms with Crippen molar-refractivity contribution in [1.29, 1.82) is 0 Å². The number of cyclic esters (lactones) is 1. The van der Waals surface area contributed by atoms with Crippen molar-refractivity contribution in [3.63, 3.8) is 0 Å². The Balaban J connectivity index is 2.87. The third kappa shape index (κ3) is 5.07. The van der Waals surface area contributed by atoms with Gasteiger partial charge in [0.2, 0.25) is 0 Å². The van der Waals surface area contributed by atoms with Crippen molar-refractivity contribution in [2.75, 3.05) is 26.4 Å². The molecule has 1 heterocycles. The highest BCUT2D eigenvalue weighted by atomic mass is 31.2. The number of ether oxygens (including phenoxy) is 2. The zero-order valence-electron chi connectivity index (χ0n) is 11.4. The molecule has 1 aliphatic heterocycles. The minimum atomic E-state index is -3.66. The van der Waals surface area contributed by atoms with Crippen LogP contribution in [0.15, 0.2) is 12.2 Å². The summed E-state index contributed by atoms with van der Waals surface area (Å²) >= 11 is 0. The van der Waals surface area contributed by atoms with Crippen LogP contribution in [0.4, 0.5) is 0 Å². The van der Waals surface area contributed by atoms with E-state index in [-0.39, 0.29) is 26.4 Å². The molecule has 1 rings (SSSR count). The van der Waals surface area contributed by atoms with E-state index in [1.807, 2.05) is 6.08 Å². The predicted octanol–water partition coefficient (Wildman–Crippen LogP) is 2.49. The van der Waals surface area contributed by atoms with E-state index in [9.17, 15) is 9.36 Å². The predicted molar refractivity (Wildman–Crippen MR) is 69.9 cm³/mol. The second-order valence-corrected chi connectivity index (χ2v) is 5.91. The SMILES string of the molecule is CCOP(=O)(OCC)C1OC/C=C/CCCOC1=O. The summed E-state index contributed by atoms with van der Waals surface area (Å²) < 4.78 is 33.2. The molecule has 0 saturated carbocycles. The minimum Gasteiger partial charge on any atom is -0.463 e. The normalized spacial score (nSPS) is 23.7. The number of carbonyl (C=O) groups is 1. The lowest BCUT2D eigenvalue weighted by atomic mass is 10.3. The average molecular weight is 292 g/mol. The Morgan fingerprint density at radius 3 is 2.63 bits per heavy atom. The molecule has 110 valence electrons. The van der Waals surface area contributed by atoms with Crippen LogP contribution in [0.2, 0.25) is 0 Å². The monoisotopic (exact) mass is 292 g/mol. The van der Waals surface area contributed by atoms with Crippen LogP contribution in [0.5, 0.6) is 0 Å². The molecule has 0 radical (unpaired) electrons. The molecular formula is C12H21O6P. The molecular weight excluding hydrogens is 271 g/mol. The van der Waals surface area contributed by atoms with Gasteiger partial charge in [0.1, 0.15) is 0 Å². The van der Waals surface area contributed by atoms with Gasteiger partial charge in [-0.3, -0.25) is 4.57 Å². The Morgan fingerprint density at radius 1 is 1.32 bits per heavy atom. The van der Waals surface area contributed by atoms with Gasteiger partial charge in [-0.1, -0.05) is 12.2 Å². The molecule has 1 unspecified atom stereocenters. The van der Waals surface area contributed by atoms with Gasteiger partial charge >= 0.3 is 13.6 Å². The molecule has 0 bridgehead atoms. The van der Waals surface area contributed by atoms with Crippen LogP contribution < -0.4 is 0 Å². The van der Waals surface area contributed by atoms with Crippen molar-refractivity contribution >= 4 is 13.6 Å². The molecule has 1 aliphatic rings. The van der Waals surface area contributed by atoms with E-state index >= 15 is 0 Å². The molecule has 0 saturated heterocycles. The molecule has 7 heteroatoms. The molecule has 0 aliphatic carbocycles. The Bertz CT molecular complexity index is 344. The van der Waals surface area contributed by atoms with Gasteiger partial charge < -0.3 is 18.5 Å². The zero-order valence-corrected chi connectivity index (χ0v) is 12.3. The van der Waals surface area contributed by atoms with E-state index in [2.05, 4.69) is 0 Å². The summed E-state index contributed by atoms with van der Waals surface area (Å²) in [6.45, 7) is 4.12. The number of rotatable bonds is 5. The van der Waals surface area contributed by atoms with Gasteiger partial charge in [-0.2, -0.15) is 0 Å². The molecule has 1 atom stereocenters. The Morgan fingerprint density at radius 2 is 2.00 bits per heavy atom. The van der Waals surface area contributed by atoms with Gasteiger partial charge in [0, 0.05) is 0 Å². The first-order valence-corrected chi connectivity index (χ1v) is 8.07. The third-order valence-corrected chi connectivity index (χ3v) is 4.55. The Kier molecular flexibility index (Phi) is 7.31. The second-order valence-electron chi connectivity index (χ2n) is 3.84. The van der Waals surface area contributed by atoms with Crippen molar-refractivity contribution in [1.82, 2.24) is 0 Å². The fraction of sp³-hybridized carbons (Fsp3) is 0.750. The quantitative estimate of drug-likeness (QED) is 0.440. The van der Waals surface area contributed by atoms with Crippen LogP contribution in [0.3, 0.4) is 0 Å². The van der Waals surface area contributed by atoms with Gasteiger partial charge in [0.15, 0.2) is 0 Å². The van der Waals surface area contributed by atoms with Gasteiger partial charge in [-0.25, -0.2) is 4.79 Å². The van der Waals surface area contributed by atoms with Gasteiger partial charge in [0.05, 0.1) is 26.4 Å². The van der Waals surface area contributed by atoms with Crippen molar-refractivity contribution in [2.45, 2.75) is 32.5 Å². The molecule has 0 N–H and O–H groups in total. The number of carbonyl (C=O) groups excluding carboxylic acids is 1. The number of allylic oxidation sites excluding steroid dienone is 1. The largest absolute Gasteiger partial charge is 0.463 e. The van der Waals surface area contributed by atoms with Crippen LogP contribution in [-0.2, 0) is 27.9 Å². The molecule has 0 spiro atoms. The first kappa shape index (κ1) is 16.4. The summed E-state index contributed by atoms with van der Waals surface area (Å²) in [5.41, 5.74) is 0. The molecule has 0 aromatic carbocycles. The lowest BCUT2D eigenvalue weighted by Gasteiger charge is -2.24. The van der Waals surface area contributed by atoms with E-state index in [1.165, 1.54) is 0 Å². The van der Waals surface area contributed by atoms with E-state index < -0.39 is 19.4 Å². The highest BCUT2D eigenvalue weighted by Crippen LogP contribution is 2.53. The first-order valence-electron chi connectivity index (χ1n) is 6.46. The Labute approximate surface area is 113 Å². The minimum absolute atomic E-state index is 0.167. The molecule has 19 heavy (non-hydrogen) atoms. The van der Waals surface area contributed by atoms with Crippen LogP contribution in [0, 0.1) is 0 Å². The smallest absolute Gasteiger partial charge is 0.370 e. The van der Waals surface area contributed by atoms with Crippen LogP contribution in [-0.4, -0.2) is 38.2 Å². The van der Waals surface area contributed by atoms with E-state index in [0.29, 0.717) is 0 Å². The Hall–Kier alpha value is -0.680. The lowest BCUT2D eigenvalue weighted by molar-refractivity contribution is -0.152. The molecule has 0 amide bonds. The van der Waals surface area contributed by atoms with Crippen molar-refractivity contribution in [2.24, 2.45) is 0 Å². The summed E-state index contributed by atoms with van der Waals surface area (Å²) in [6.07, 6.45) is 5.26. The average Bonchev–Trinajstić information content (AvgIpc) is 2.37. The van der Waals surface area contributed by atoms with Crippen LogP contribution in [0.1, 0.15) is 26.7 Å². The number of hydrogen-bond acceptors (Lipinski definition) is 6. The van der Waals surface area contributed by atoms with Gasteiger partial charge in [-0.15, -0.1) is 0 Å². The summed E-state index contributed by atoms with van der Waals surface area (Å²) in [4.78, 5) is 11.9. The lowest BCUT2D eigenvalue weighted by Crippen LogP contribution is -2.29. The van der Waals surface area contributed by atoms with Crippen molar-refractivity contribution in [3.8, 4) is 0 Å². The topological polar surface area (TPSA) is 71.1 Å². The molecule has 0 aromatic heterocycles. The maximum absolute atomic E-state index is 12.5. The van der Waals surface area contributed by atoms with Crippen molar-refractivity contribution in [3.05, 3.63) is 12.2 Å². The summed E-state index contributed by atoms with van der Waals surface area (Å²) in [5, 5.41) is 0. The summed E-state index contributed by atoms with van der Waals surface area (Å²) in [7, 11) is -3.66. The molecule has 6 nitrogen and oxygen atoms in total. The summed E-state index contributed by atoms with van der Waals surface area (Å²) in [5.74, 6) is -2.02. The molecule has 0 fully saturated rings. The standard InChI is InChI=1S/C12H21O6P/c1-3-17-19(14,18-4-2)12-11(13)15-9-7-5-6-8-10-16-12/h6,8,12H,3-5,7,9-10H2,1-2H3/b8-6+. The van der Waals surface area contributed by atoms with E-state index in [4.69, 9.17) is 18.5 Å². The molecule has 0 aromatic rings. The van der Waals surface area contributed by atoms with Crippen molar-refractivity contribution < 1.29 is 27.9 Å². The maximum Gasteiger partial charge on any atom is 0.370 e. The number of esters is 1. The fourth-order valence-electron chi connectivity index (χ4n) is 1.60. The van der Waals surface area contributed by atoms with Crippen LogP contribution >= 0.6 is 7.60 Å². The second kappa shape index (κ2) is 8.48. The number of hydrogen-bond donors (Lipinski definition) is 0. The summed E-state index contributed by atoms with van der Waals surface area (Å²) in [6, 6.07) is 0.